The molecule has 0 aliphatic carbocycles. The van der Waals surface area contributed by atoms with Crippen LogP contribution in [0, 0.1) is 0 Å². The fourth-order valence-corrected chi connectivity index (χ4v) is 5.58. The summed E-state index contributed by atoms with van der Waals surface area (Å²) in [6, 6.07) is 55.1. The van der Waals surface area contributed by atoms with E-state index in [1.807, 2.05) is 109 Å². The predicted octanol–water partition coefficient (Wildman–Crippen LogP) is 10.2. The molecule has 240 valence electrons. The van der Waals surface area contributed by atoms with E-state index < -0.39 is 5.41 Å². The maximum Gasteiger partial charge on any atom is 2.00 e. The van der Waals surface area contributed by atoms with Crippen LogP contribution in [-0.4, -0.2) is 15.1 Å². The Bertz CT molecular complexity index is 1840. The summed E-state index contributed by atoms with van der Waals surface area (Å²) < 4.78 is 0. The van der Waals surface area contributed by atoms with Gasteiger partial charge in [0.2, 0.25) is 0 Å². The van der Waals surface area contributed by atoms with E-state index in [-0.39, 0.29) is 26.5 Å². The zero-order chi connectivity index (χ0) is 32.5. The van der Waals surface area contributed by atoms with Gasteiger partial charge in [-0.15, -0.1) is 11.4 Å². The van der Waals surface area contributed by atoms with E-state index >= 15 is 0 Å². The van der Waals surface area contributed by atoms with Gasteiger partial charge in [-0.25, -0.2) is 0 Å². The molecule has 0 N–H and O–H groups in total. The summed E-state index contributed by atoms with van der Waals surface area (Å²) in [5, 5.41) is 13.3. The molecule has 6 heteroatoms. The molecule has 4 aromatic carbocycles. The minimum absolute atomic E-state index is 0. The third-order valence-electron chi connectivity index (χ3n) is 7.94. The quantitative estimate of drug-likeness (QED) is 0.161. The van der Waals surface area contributed by atoms with Gasteiger partial charge < -0.3 is 15.5 Å². The van der Waals surface area contributed by atoms with Gasteiger partial charge in [-0.1, -0.05) is 166 Å². The second-order valence-corrected chi connectivity index (χ2v) is 12.3. The number of rotatable bonds is 7. The summed E-state index contributed by atoms with van der Waals surface area (Å²) in [5.74, 6) is 0. The van der Waals surface area contributed by atoms with E-state index in [0.29, 0.717) is 0 Å². The van der Waals surface area contributed by atoms with Gasteiger partial charge in [0.15, 0.2) is 0 Å². The Kier molecular flexibility index (Phi) is 11.2. The number of hydrogen-bond donors (Lipinski definition) is 0. The first kappa shape index (κ1) is 34.2. The number of aromatic nitrogens is 4. The van der Waals surface area contributed by atoms with Crippen molar-refractivity contribution in [2.24, 2.45) is 0 Å². The third-order valence-corrected chi connectivity index (χ3v) is 7.94. The van der Waals surface area contributed by atoms with Crippen LogP contribution in [0.4, 0.5) is 11.4 Å². The summed E-state index contributed by atoms with van der Waals surface area (Å²) in [7, 11) is 0. The minimum Gasteiger partial charge on any atom is -0.658 e. The minimum atomic E-state index is -0.688. The van der Waals surface area contributed by atoms with Gasteiger partial charge in [-0.05, 0) is 35.4 Å². The molecule has 3 heterocycles. The maximum absolute atomic E-state index is 5.20. The largest absolute Gasteiger partial charge is 2.00 e. The number of nitrogens with zero attached hydrogens (tertiary/aromatic N) is 5. The molecule has 0 saturated heterocycles. The van der Waals surface area contributed by atoms with Crippen LogP contribution in [0.15, 0.2) is 170 Å². The fourth-order valence-electron chi connectivity index (χ4n) is 5.58. The Balaban J connectivity index is 0.000000270. The Morgan fingerprint density at radius 2 is 1.02 bits per heavy atom. The summed E-state index contributed by atoms with van der Waals surface area (Å²) in [6.07, 6.45) is 1.85. The summed E-state index contributed by atoms with van der Waals surface area (Å²) >= 11 is 0. The molecule has 0 bridgehead atoms. The van der Waals surface area contributed by atoms with Crippen molar-refractivity contribution in [3.8, 4) is 11.4 Å². The molecule has 0 aliphatic rings. The molecule has 0 spiro atoms. The number of hydrogen-bond acceptors (Lipinski definition) is 3. The van der Waals surface area contributed by atoms with E-state index in [1.165, 1.54) is 0 Å². The van der Waals surface area contributed by atoms with Gasteiger partial charge in [0.25, 0.3) is 0 Å². The van der Waals surface area contributed by atoms with Crippen LogP contribution in [0.25, 0.3) is 16.7 Å². The molecule has 0 atom stereocenters. The molecule has 48 heavy (non-hydrogen) atoms. The smallest absolute Gasteiger partial charge is 0.658 e. The molecule has 0 unspecified atom stereocenters. The van der Waals surface area contributed by atoms with Crippen molar-refractivity contribution in [1.29, 1.82) is 0 Å². The topological polar surface area (TPSA) is 66.9 Å². The summed E-state index contributed by atoms with van der Waals surface area (Å²) in [5.41, 5.74) is 7.78. The zero-order valence-electron chi connectivity index (χ0n) is 27.2. The van der Waals surface area contributed by atoms with Gasteiger partial charge in [0, 0.05) is 23.0 Å². The Morgan fingerprint density at radius 1 is 0.521 bits per heavy atom. The van der Waals surface area contributed by atoms with Crippen molar-refractivity contribution in [3.05, 3.63) is 204 Å². The Morgan fingerprint density at radius 3 is 1.50 bits per heavy atom. The molecule has 7 rings (SSSR count). The van der Waals surface area contributed by atoms with Gasteiger partial charge in [0.1, 0.15) is 5.41 Å². The van der Waals surface area contributed by atoms with Gasteiger partial charge >= 0.3 is 21.1 Å². The van der Waals surface area contributed by atoms with Crippen molar-refractivity contribution in [3.63, 3.8) is 0 Å². The van der Waals surface area contributed by atoms with Gasteiger partial charge in [-0.2, -0.15) is 0 Å². The molecule has 3 aromatic heterocycles. The van der Waals surface area contributed by atoms with E-state index in [4.69, 9.17) is 9.97 Å². The second-order valence-electron chi connectivity index (χ2n) is 12.3. The van der Waals surface area contributed by atoms with Crippen LogP contribution in [0.2, 0.25) is 0 Å². The molecule has 0 fully saturated rings. The van der Waals surface area contributed by atoms with Crippen molar-refractivity contribution in [1.82, 2.24) is 20.2 Å². The van der Waals surface area contributed by atoms with Crippen LogP contribution in [0.3, 0.4) is 0 Å². The summed E-state index contributed by atoms with van der Waals surface area (Å²) in [6.45, 7) is 6.42. The monoisotopic (exact) mass is 806 g/mol. The van der Waals surface area contributed by atoms with Crippen molar-refractivity contribution < 1.29 is 21.1 Å². The molecule has 7 aromatic rings. The molecular formula is C42H37N5Pt. The number of para-hydroxylation sites is 2. The van der Waals surface area contributed by atoms with Crippen molar-refractivity contribution in [2.45, 2.75) is 31.6 Å². The fraction of sp³-hybridized carbons (Fsp3) is 0.119. The normalized spacial score (nSPS) is 11.1. The second kappa shape index (κ2) is 15.6. The average Bonchev–Trinajstić information content (AvgIpc) is 3.64. The van der Waals surface area contributed by atoms with E-state index in [9.17, 15) is 0 Å². The molecule has 0 saturated carbocycles. The van der Waals surface area contributed by atoms with Crippen LogP contribution in [0.5, 0.6) is 0 Å². The van der Waals surface area contributed by atoms with E-state index in [0.717, 1.165) is 51.0 Å². The Hall–Kier alpha value is -5.12. The molecule has 0 aliphatic heterocycles. The first-order chi connectivity index (χ1) is 22.9. The zero-order valence-corrected chi connectivity index (χ0v) is 29.5. The van der Waals surface area contributed by atoms with Crippen LogP contribution < -0.4 is 5.10 Å². The molecule has 5 nitrogen and oxygen atoms in total. The number of pyridine rings is 2. The first-order valence-corrected chi connectivity index (χ1v) is 15.8. The van der Waals surface area contributed by atoms with Crippen molar-refractivity contribution >= 4 is 11.4 Å². The number of benzene rings is 4. The van der Waals surface area contributed by atoms with Crippen LogP contribution >= 0.6 is 0 Å². The van der Waals surface area contributed by atoms with E-state index in [1.54, 1.807) is 0 Å². The molecule has 0 amide bonds. The van der Waals surface area contributed by atoms with Gasteiger partial charge in [-0.3, -0.25) is 9.97 Å². The SMILES string of the molecule is CC(C)(C)c1cc(-c2cccc(C(c3ccccc3)(c3ccccc3)c3ccccn3)n2)[n-]n1.[Pt+2].c1ccc([N-]c2ccccc2)cc1. The molecular weight excluding hydrogens is 770 g/mol. The summed E-state index contributed by atoms with van der Waals surface area (Å²) in [4.78, 5) is 10.0. The van der Waals surface area contributed by atoms with E-state index in [2.05, 4.69) is 96.9 Å². The average molecular weight is 807 g/mol. The maximum atomic E-state index is 5.20. The van der Waals surface area contributed by atoms with Crippen LogP contribution in [-0.2, 0) is 31.9 Å². The van der Waals surface area contributed by atoms with Gasteiger partial charge in [0.05, 0.1) is 11.4 Å². The molecule has 0 radical (unpaired) electrons. The third kappa shape index (κ3) is 7.70. The first-order valence-electron chi connectivity index (χ1n) is 15.8. The Labute approximate surface area is 297 Å². The standard InChI is InChI=1S/C30H27N4.C12H10N.Pt/c1-29(2,3)28-21-25(33-34-28)24-17-12-19-27(32-24)30(22-13-6-4-7-14-22,23-15-8-5-9-16-23)26-18-10-11-20-31-26;1-3-7-11(8-4-1)13-12-9-5-2-6-10-12;/h4-21H,1-3H3;1-10H;/q2*-1;+2. The van der Waals surface area contributed by atoms with Crippen LogP contribution in [0.1, 0.15) is 49.0 Å². The van der Waals surface area contributed by atoms with Crippen molar-refractivity contribution in [2.75, 3.05) is 0 Å². The predicted molar refractivity (Wildman–Crippen MR) is 191 cm³/mol.